The highest BCUT2D eigenvalue weighted by Gasteiger charge is 2.52. The van der Waals surface area contributed by atoms with Gasteiger partial charge >= 0.3 is 0 Å². The summed E-state index contributed by atoms with van der Waals surface area (Å²) < 4.78 is 0. The molecule has 5 rings (SSSR count). The second-order valence-corrected chi connectivity index (χ2v) is 9.80. The van der Waals surface area contributed by atoms with Crippen LogP contribution in [0.5, 0.6) is 0 Å². The fourth-order valence-corrected chi connectivity index (χ4v) is 6.48. The lowest BCUT2D eigenvalue weighted by molar-refractivity contribution is -0.135. The lowest BCUT2D eigenvalue weighted by Gasteiger charge is -2.54. The summed E-state index contributed by atoms with van der Waals surface area (Å²) in [6.07, 6.45) is 4.33. The molecule has 1 aromatic heterocycles. The van der Waals surface area contributed by atoms with Crippen molar-refractivity contribution in [2.45, 2.75) is 58.5 Å². The molecule has 3 heterocycles. The summed E-state index contributed by atoms with van der Waals surface area (Å²) in [6, 6.07) is 19.2. The summed E-state index contributed by atoms with van der Waals surface area (Å²) in [5, 5.41) is 4.68. The molecule has 168 valence electrons. The van der Waals surface area contributed by atoms with Crippen molar-refractivity contribution in [2.75, 3.05) is 13.1 Å². The second-order valence-electron chi connectivity index (χ2n) is 9.80. The first-order valence-corrected chi connectivity index (χ1v) is 12.2. The number of aromatic nitrogens is 1. The molecule has 32 heavy (non-hydrogen) atoms. The van der Waals surface area contributed by atoms with Crippen LogP contribution in [0.25, 0.3) is 10.9 Å². The number of fused-ring (bicyclic) bond motifs is 5. The van der Waals surface area contributed by atoms with E-state index in [4.69, 9.17) is 0 Å². The third-order valence-electron chi connectivity index (χ3n) is 8.34. The van der Waals surface area contributed by atoms with Gasteiger partial charge in [0.05, 0.1) is 12.1 Å². The van der Waals surface area contributed by atoms with Gasteiger partial charge in [0, 0.05) is 34.5 Å². The first-order chi connectivity index (χ1) is 15.5. The number of carbonyl (C=O) groups excluding carboxylic acids is 1. The molecular formula is C28H35N3O. The van der Waals surface area contributed by atoms with Crippen LogP contribution in [0.2, 0.25) is 0 Å². The van der Waals surface area contributed by atoms with E-state index in [0.29, 0.717) is 0 Å². The minimum absolute atomic E-state index is 0.00902. The van der Waals surface area contributed by atoms with Gasteiger partial charge in [-0.05, 0) is 56.3 Å². The molecule has 4 heteroatoms. The number of aromatic amines is 1. The SMILES string of the molecule is CC[C@@]1(C(C)C(=O)N[C@H](C)c2ccccc2)CCCN2CCc3c([nH]c4ccccc34)[C@@H]21. The van der Waals surface area contributed by atoms with Crippen LogP contribution in [0.3, 0.4) is 0 Å². The van der Waals surface area contributed by atoms with Gasteiger partial charge in [0.25, 0.3) is 0 Å². The highest BCUT2D eigenvalue weighted by molar-refractivity contribution is 5.85. The summed E-state index contributed by atoms with van der Waals surface area (Å²) in [5.41, 5.74) is 5.13. The molecule has 0 radical (unpaired) electrons. The van der Waals surface area contributed by atoms with E-state index in [1.807, 2.05) is 18.2 Å². The molecule has 1 saturated heterocycles. The monoisotopic (exact) mass is 429 g/mol. The van der Waals surface area contributed by atoms with Crippen LogP contribution in [-0.2, 0) is 11.2 Å². The average Bonchev–Trinajstić information content (AvgIpc) is 3.22. The van der Waals surface area contributed by atoms with Crippen LogP contribution >= 0.6 is 0 Å². The van der Waals surface area contributed by atoms with Crippen LogP contribution in [0.4, 0.5) is 0 Å². The Hall–Kier alpha value is -2.59. The van der Waals surface area contributed by atoms with Crippen molar-refractivity contribution in [3.63, 3.8) is 0 Å². The Kier molecular flexibility index (Phi) is 5.58. The molecule has 2 aliphatic heterocycles. The molecule has 0 spiro atoms. The minimum atomic E-state index is -0.0746. The molecule has 2 aliphatic rings. The molecule has 2 N–H and O–H groups in total. The van der Waals surface area contributed by atoms with Gasteiger partial charge in [-0.15, -0.1) is 0 Å². The molecule has 1 fully saturated rings. The van der Waals surface area contributed by atoms with Gasteiger partial charge in [-0.1, -0.05) is 62.4 Å². The Bertz CT molecular complexity index is 1100. The highest BCUT2D eigenvalue weighted by Crippen LogP contribution is 2.55. The smallest absolute Gasteiger partial charge is 0.223 e. The van der Waals surface area contributed by atoms with E-state index < -0.39 is 0 Å². The molecule has 0 saturated carbocycles. The van der Waals surface area contributed by atoms with Gasteiger partial charge in [0.2, 0.25) is 5.91 Å². The van der Waals surface area contributed by atoms with E-state index in [9.17, 15) is 4.79 Å². The number of nitrogens with one attached hydrogen (secondary N) is 2. The van der Waals surface area contributed by atoms with Gasteiger partial charge in [-0.2, -0.15) is 0 Å². The molecule has 1 amide bonds. The van der Waals surface area contributed by atoms with Crippen molar-refractivity contribution >= 4 is 16.8 Å². The molecular weight excluding hydrogens is 394 g/mol. The van der Waals surface area contributed by atoms with Crippen molar-refractivity contribution < 1.29 is 4.79 Å². The third-order valence-corrected chi connectivity index (χ3v) is 8.34. The number of nitrogens with zero attached hydrogens (tertiary/aromatic N) is 1. The van der Waals surface area contributed by atoms with Gasteiger partial charge in [-0.25, -0.2) is 0 Å². The third kappa shape index (κ3) is 3.36. The van der Waals surface area contributed by atoms with E-state index in [2.05, 4.69) is 72.4 Å². The predicted molar refractivity (Wildman–Crippen MR) is 130 cm³/mol. The number of carbonyl (C=O) groups is 1. The zero-order chi connectivity index (χ0) is 22.3. The van der Waals surface area contributed by atoms with E-state index in [1.54, 1.807) is 0 Å². The Morgan fingerprint density at radius 1 is 1.12 bits per heavy atom. The largest absolute Gasteiger partial charge is 0.357 e. The summed E-state index contributed by atoms with van der Waals surface area (Å²) >= 11 is 0. The standard InChI is InChI=1S/C28H35N3O/c1-4-28(19(2)27(32)29-20(3)21-11-6-5-7-12-21)16-10-17-31-18-15-23-22-13-8-9-14-24(22)30-25(23)26(28)31/h5-9,11-14,19-20,26,30H,4,10,15-18H2,1-3H3,(H,29,32)/t19?,20-,26-,28+/m1/s1. The van der Waals surface area contributed by atoms with Crippen LogP contribution < -0.4 is 5.32 Å². The molecule has 0 bridgehead atoms. The minimum Gasteiger partial charge on any atom is -0.357 e. The number of para-hydroxylation sites is 1. The number of piperidine rings is 1. The maximum Gasteiger partial charge on any atom is 0.223 e. The average molecular weight is 430 g/mol. The summed E-state index contributed by atoms with van der Waals surface area (Å²) in [6.45, 7) is 8.73. The molecule has 0 aliphatic carbocycles. The predicted octanol–water partition coefficient (Wildman–Crippen LogP) is 5.77. The zero-order valence-electron chi connectivity index (χ0n) is 19.5. The number of hydrogen-bond donors (Lipinski definition) is 2. The van der Waals surface area contributed by atoms with Crippen molar-refractivity contribution in [1.29, 1.82) is 0 Å². The van der Waals surface area contributed by atoms with E-state index in [1.165, 1.54) is 22.2 Å². The second kappa shape index (κ2) is 8.40. The highest BCUT2D eigenvalue weighted by atomic mass is 16.2. The van der Waals surface area contributed by atoms with Crippen LogP contribution in [-0.4, -0.2) is 28.9 Å². The maximum atomic E-state index is 13.6. The molecule has 4 atom stereocenters. The normalized spacial score (nSPS) is 25.0. The van der Waals surface area contributed by atoms with Crippen LogP contribution in [0.1, 0.15) is 68.9 Å². The number of H-pyrrole nitrogens is 1. The topological polar surface area (TPSA) is 48.1 Å². The first kappa shape index (κ1) is 21.3. The van der Waals surface area contributed by atoms with Gasteiger partial charge in [0.1, 0.15) is 0 Å². The summed E-state index contributed by atoms with van der Waals surface area (Å²) in [7, 11) is 0. The van der Waals surface area contributed by atoms with Crippen molar-refractivity contribution in [3.8, 4) is 0 Å². The Balaban J connectivity index is 1.50. The van der Waals surface area contributed by atoms with Gasteiger partial charge < -0.3 is 10.3 Å². The number of benzene rings is 2. The molecule has 2 aromatic carbocycles. The number of rotatable bonds is 5. The van der Waals surface area contributed by atoms with Crippen LogP contribution in [0.15, 0.2) is 54.6 Å². The maximum absolute atomic E-state index is 13.6. The van der Waals surface area contributed by atoms with Gasteiger partial charge in [-0.3, -0.25) is 9.69 Å². The lowest BCUT2D eigenvalue weighted by atomic mass is 9.61. The van der Waals surface area contributed by atoms with Crippen molar-refractivity contribution in [3.05, 3.63) is 71.4 Å². The fourth-order valence-electron chi connectivity index (χ4n) is 6.48. The Labute approximate surface area is 191 Å². The number of hydrogen-bond acceptors (Lipinski definition) is 2. The first-order valence-electron chi connectivity index (χ1n) is 12.2. The van der Waals surface area contributed by atoms with Crippen molar-refractivity contribution in [1.82, 2.24) is 15.2 Å². The molecule has 4 nitrogen and oxygen atoms in total. The Morgan fingerprint density at radius 3 is 2.66 bits per heavy atom. The summed E-state index contributed by atoms with van der Waals surface area (Å²) in [4.78, 5) is 20.0. The molecule has 3 aromatic rings. The Morgan fingerprint density at radius 2 is 1.88 bits per heavy atom. The van der Waals surface area contributed by atoms with E-state index in [0.717, 1.165) is 44.3 Å². The van der Waals surface area contributed by atoms with E-state index >= 15 is 0 Å². The van der Waals surface area contributed by atoms with Gasteiger partial charge in [0.15, 0.2) is 0 Å². The number of amides is 1. The van der Waals surface area contributed by atoms with Crippen molar-refractivity contribution in [2.24, 2.45) is 11.3 Å². The fraction of sp³-hybridized carbons (Fsp3) is 0.464. The summed E-state index contributed by atoms with van der Waals surface area (Å²) in [5.74, 6) is 0.108. The van der Waals surface area contributed by atoms with E-state index in [-0.39, 0.29) is 29.3 Å². The molecule has 1 unspecified atom stereocenters. The quantitative estimate of drug-likeness (QED) is 0.541. The zero-order valence-corrected chi connectivity index (χ0v) is 19.5. The van der Waals surface area contributed by atoms with Crippen LogP contribution in [0, 0.1) is 11.3 Å². The lowest BCUT2D eigenvalue weighted by Crippen LogP contribution is -2.54.